The summed E-state index contributed by atoms with van der Waals surface area (Å²) in [6, 6.07) is 9.84. The zero-order chi connectivity index (χ0) is 15.1. The van der Waals surface area contributed by atoms with E-state index in [1.807, 2.05) is 37.3 Å². The maximum absolute atomic E-state index is 10.2. The molecule has 0 unspecified atom stereocenters. The lowest BCUT2D eigenvalue weighted by Gasteiger charge is -2.29. The summed E-state index contributed by atoms with van der Waals surface area (Å²) in [6.45, 7) is 6.04. The highest BCUT2D eigenvalue weighted by Crippen LogP contribution is 2.19. The Morgan fingerprint density at radius 2 is 1.55 bits per heavy atom. The molecular weight excluding hydrogens is 256 g/mol. The number of ether oxygens (including phenoxy) is 1. The molecule has 0 spiro atoms. The van der Waals surface area contributed by atoms with E-state index in [1.165, 1.54) is 6.92 Å². The van der Waals surface area contributed by atoms with Gasteiger partial charge in [0, 0.05) is 11.8 Å². The highest BCUT2D eigenvalue weighted by Gasteiger charge is 2.29. The first-order valence-corrected chi connectivity index (χ1v) is 7.09. The second-order valence-electron chi connectivity index (χ2n) is 5.56. The van der Waals surface area contributed by atoms with E-state index < -0.39 is 24.2 Å². The van der Waals surface area contributed by atoms with E-state index >= 15 is 0 Å². The molecule has 0 saturated carbocycles. The lowest BCUT2D eigenvalue weighted by Crippen LogP contribution is -2.40. The van der Waals surface area contributed by atoms with Gasteiger partial charge in [-0.1, -0.05) is 44.2 Å². The van der Waals surface area contributed by atoms with Gasteiger partial charge in [-0.25, -0.2) is 0 Å². The molecule has 1 aromatic rings. The number of aliphatic hydroxyl groups is 3. The quantitative estimate of drug-likeness (QED) is 0.677. The molecule has 0 fully saturated rings. The van der Waals surface area contributed by atoms with Gasteiger partial charge < -0.3 is 20.1 Å². The monoisotopic (exact) mass is 282 g/mol. The van der Waals surface area contributed by atoms with Gasteiger partial charge >= 0.3 is 0 Å². The van der Waals surface area contributed by atoms with Crippen LogP contribution in [0.25, 0.3) is 0 Å². The molecule has 5 atom stereocenters. The van der Waals surface area contributed by atoms with E-state index in [4.69, 9.17) is 4.74 Å². The van der Waals surface area contributed by atoms with Crippen LogP contribution in [0.3, 0.4) is 0 Å². The predicted molar refractivity (Wildman–Crippen MR) is 78.1 cm³/mol. The summed E-state index contributed by atoms with van der Waals surface area (Å²) in [6.07, 6.45) is -2.49. The molecule has 1 rings (SSSR count). The van der Waals surface area contributed by atoms with Crippen molar-refractivity contribution in [1.29, 1.82) is 0 Å². The second-order valence-corrected chi connectivity index (χ2v) is 5.56. The van der Waals surface area contributed by atoms with Gasteiger partial charge in [0.25, 0.3) is 0 Å². The van der Waals surface area contributed by atoms with Crippen molar-refractivity contribution in [3.8, 4) is 0 Å². The Balaban J connectivity index is 2.36. The first-order chi connectivity index (χ1) is 9.43. The van der Waals surface area contributed by atoms with Crippen LogP contribution in [0, 0.1) is 11.8 Å². The summed E-state index contributed by atoms with van der Waals surface area (Å²) in [5.74, 6) is -0.507. The number of hydrogen-bond donors (Lipinski definition) is 3. The summed E-state index contributed by atoms with van der Waals surface area (Å²) in [7, 11) is 0. The SMILES string of the molecule is C[C@@H]([C@@H](O)[C@H](C)O)[C@H](O)[C@H](C)COCc1ccccc1. The van der Waals surface area contributed by atoms with Gasteiger partial charge in [0.2, 0.25) is 0 Å². The second kappa shape index (κ2) is 8.37. The molecule has 0 aliphatic heterocycles. The van der Waals surface area contributed by atoms with Gasteiger partial charge in [-0.05, 0) is 12.5 Å². The van der Waals surface area contributed by atoms with Gasteiger partial charge in [0.05, 0.1) is 31.5 Å². The smallest absolute Gasteiger partial charge is 0.0846 e. The van der Waals surface area contributed by atoms with E-state index in [-0.39, 0.29) is 5.92 Å². The molecule has 0 aromatic heterocycles. The van der Waals surface area contributed by atoms with Crippen molar-refractivity contribution in [2.75, 3.05) is 6.61 Å². The van der Waals surface area contributed by atoms with Crippen molar-refractivity contribution in [3.63, 3.8) is 0 Å². The fraction of sp³-hybridized carbons (Fsp3) is 0.625. The van der Waals surface area contributed by atoms with E-state index in [2.05, 4.69) is 0 Å². The molecule has 20 heavy (non-hydrogen) atoms. The van der Waals surface area contributed by atoms with Gasteiger partial charge in [-0.2, -0.15) is 0 Å². The number of aliphatic hydroxyl groups excluding tert-OH is 3. The molecule has 114 valence electrons. The van der Waals surface area contributed by atoms with E-state index in [0.717, 1.165) is 5.56 Å². The normalized spacial score (nSPS) is 19.1. The van der Waals surface area contributed by atoms with Crippen LogP contribution in [0.15, 0.2) is 30.3 Å². The number of rotatable bonds is 8. The maximum Gasteiger partial charge on any atom is 0.0846 e. The molecule has 4 heteroatoms. The Morgan fingerprint density at radius 1 is 0.950 bits per heavy atom. The van der Waals surface area contributed by atoms with Gasteiger partial charge in [-0.3, -0.25) is 0 Å². The van der Waals surface area contributed by atoms with Crippen LogP contribution >= 0.6 is 0 Å². The number of benzene rings is 1. The summed E-state index contributed by atoms with van der Waals surface area (Å²) in [4.78, 5) is 0. The first kappa shape index (κ1) is 17.1. The lowest BCUT2D eigenvalue weighted by atomic mass is 9.88. The molecule has 0 saturated heterocycles. The third kappa shape index (κ3) is 5.21. The Kier molecular flexibility index (Phi) is 7.16. The fourth-order valence-electron chi connectivity index (χ4n) is 2.20. The van der Waals surface area contributed by atoms with Crippen LogP contribution < -0.4 is 0 Å². The van der Waals surface area contributed by atoms with Crippen LogP contribution in [0.5, 0.6) is 0 Å². The molecule has 0 aliphatic rings. The number of hydrogen-bond acceptors (Lipinski definition) is 4. The molecule has 0 heterocycles. The standard InChI is InChI=1S/C16H26O4/c1-11(15(18)12(2)16(19)13(3)17)9-20-10-14-7-5-4-6-8-14/h4-8,11-13,15-19H,9-10H2,1-3H3/t11-,12-,13+,15-,16-/m1/s1. The van der Waals surface area contributed by atoms with Crippen LogP contribution in [-0.4, -0.2) is 40.2 Å². The molecule has 0 radical (unpaired) electrons. The zero-order valence-electron chi connectivity index (χ0n) is 12.4. The Bertz CT molecular complexity index is 366. The topological polar surface area (TPSA) is 69.9 Å². The average molecular weight is 282 g/mol. The van der Waals surface area contributed by atoms with Crippen molar-refractivity contribution >= 4 is 0 Å². The van der Waals surface area contributed by atoms with E-state index in [0.29, 0.717) is 13.2 Å². The predicted octanol–water partition coefficient (Wildman–Crippen LogP) is 1.58. The highest BCUT2D eigenvalue weighted by molar-refractivity contribution is 5.13. The third-order valence-corrected chi connectivity index (χ3v) is 3.65. The molecular formula is C16H26O4. The van der Waals surface area contributed by atoms with Crippen LogP contribution in [0.4, 0.5) is 0 Å². The molecule has 0 aliphatic carbocycles. The minimum absolute atomic E-state index is 0.109. The molecule has 0 bridgehead atoms. The van der Waals surface area contributed by atoms with Gasteiger partial charge in [0.15, 0.2) is 0 Å². The van der Waals surface area contributed by atoms with Crippen molar-refractivity contribution in [3.05, 3.63) is 35.9 Å². The van der Waals surface area contributed by atoms with Crippen molar-refractivity contribution in [2.24, 2.45) is 11.8 Å². The van der Waals surface area contributed by atoms with Crippen LogP contribution in [0.1, 0.15) is 26.3 Å². The summed E-state index contributed by atoms with van der Waals surface area (Å²) in [5, 5.41) is 29.3. The Hall–Kier alpha value is -0.940. The third-order valence-electron chi connectivity index (χ3n) is 3.65. The maximum atomic E-state index is 10.2. The lowest BCUT2D eigenvalue weighted by molar-refractivity contribution is -0.0706. The minimum atomic E-state index is -0.929. The minimum Gasteiger partial charge on any atom is -0.392 e. The fourth-order valence-corrected chi connectivity index (χ4v) is 2.20. The van der Waals surface area contributed by atoms with Crippen molar-refractivity contribution in [2.45, 2.75) is 45.7 Å². The largest absolute Gasteiger partial charge is 0.392 e. The zero-order valence-corrected chi connectivity index (χ0v) is 12.4. The summed E-state index contributed by atoms with van der Waals surface area (Å²) >= 11 is 0. The first-order valence-electron chi connectivity index (χ1n) is 7.09. The Morgan fingerprint density at radius 3 is 2.10 bits per heavy atom. The van der Waals surface area contributed by atoms with Crippen LogP contribution in [0.2, 0.25) is 0 Å². The highest BCUT2D eigenvalue weighted by atomic mass is 16.5. The van der Waals surface area contributed by atoms with Gasteiger partial charge in [-0.15, -0.1) is 0 Å². The molecule has 0 amide bonds. The van der Waals surface area contributed by atoms with Gasteiger partial charge in [0.1, 0.15) is 0 Å². The summed E-state index contributed by atoms with van der Waals surface area (Å²) < 4.78 is 5.59. The van der Waals surface area contributed by atoms with E-state index in [1.54, 1.807) is 6.92 Å². The Labute approximate surface area is 121 Å². The molecule has 1 aromatic carbocycles. The molecule has 4 nitrogen and oxygen atoms in total. The van der Waals surface area contributed by atoms with Crippen molar-refractivity contribution in [1.82, 2.24) is 0 Å². The van der Waals surface area contributed by atoms with Crippen LogP contribution in [-0.2, 0) is 11.3 Å². The van der Waals surface area contributed by atoms with E-state index in [9.17, 15) is 15.3 Å². The van der Waals surface area contributed by atoms with Crippen molar-refractivity contribution < 1.29 is 20.1 Å². The molecule has 3 N–H and O–H groups in total. The summed E-state index contributed by atoms with van der Waals surface area (Å²) in [5.41, 5.74) is 1.09. The average Bonchev–Trinajstić information content (AvgIpc) is 2.45.